The standard InChI is InChI=1S/C12H20O3/c1-2-3-4-5-6-7-8-9-10-11-15-12(13)14/h2-3,10-11H,4-9H2,1H3,(H,13,14)/b3-2+,11-10+. The number of hydrogen-bond donors (Lipinski definition) is 1. The number of carboxylic acid groups (broad SMARTS) is 1. The van der Waals surface area contributed by atoms with Crippen LogP contribution in [0.4, 0.5) is 4.79 Å². The van der Waals surface area contributed by atoms with Crippen LogP contribution in [0.15, 0.2) is 24.5 Å². The predicted molar refractivity (Wildman–Crippen MR) is 60.8 cm³/mol. The van der Waals surface area contributed by atoms with Crippen molar-refractivity contribution in [3.63, 3.8) is 0 Å². The number of unbranched alkanes of at least 4 members (excludes halogenated alkanes) is 5. The third-order valence-corrected chi connectivity index (χ3v) is 1.99. The maximum Gasteiger partial charge on any atom is 0.510 e. The highest BCUT2D eigenvalue weighted by molar-refractivity contribution is 5.57. The fraction of sp³-hybridized carbons (Fsp3) is 0.583. The molecule has 0 radical (unpaired) electrons. The third-order valence-electron chi connectivity index (χ3n) is 1.99. The van der Waals surface area contributed by atoms with Crippen LogP contribution in [-0.2, 0) is 4.74 Å². The Kier molecular flexibility index (Phi) is 9.93. The number of allylic oxidation sites excluding steroid dienone is 3. The highest BCUT2D eigenvalue weighted by Crippen LogP contribution is 2.06. The van der Waals surface area contributed by atoms with Crippen LogP contribution in [0.25, 0.3) is 0 Å². The molecule has 0 bridgehead atoms. The van der Waals surface area contributed by atoms with E-state index in [-0.39, 0.29) is 0 Å². The van der Waals surface area contributed by atoms with Gasteiger partial charge in [0.25, 0.3) is 0 Å². The van der Waals surface area contributed by atoms with Gasteiger partial charge in [0.2, 0.25) is 0 Å². The fourth-order valence-corrected chi connectivity index (χ4v) is 1.22. The minimum Gasteiger partial charge on any atom is -0.449 e. The van der Waals surface area contributed by atoms with Crippen LogP contribution in [0, 0.1) is 0 Å². The molecule has 3 heteroatoms. The second kappa shape index (κ2) is 10.8. The fourth-order valence-electron chi connectivity index (χ4n) is 1.22. The molecule has 0 atom stereocenters. The van der Waals surface area contributed by atoms with Gasteiger partial charge in [0.15, 0.2) is 0 Å². The number of rotatable bonds is 8. The van der Waals surface area contributed by atoms with Gasteiger partial charge >= 0.3 is 6.16 Å². The Morgan fingerprint density at radius 2 is 1.73 bits per heavy atom. The van der Waals surface area contributed by atoms with E-state index in [1.807, 2.05) is 6.92 Å². The molecule has 0 rings (SSSR count). The van der Waals surface area contributed by atoms with E-state index < -0.39 is 6.16 Å². The van der Waals surface area contributed by atoms with Crippen molar-refractivity contribution in [3.05, 3.63) is 24.5 Å². The highest BCUT2D eigenvalue weighted by atomic mass is 16.7. The lowest BCUT2D eigenvalue weighted by Crippen LogP contribution is -1.91. The van der Waals surface area contributed by atoms with Crippen LogP contribution in [-0.4, -0.2) is 11.3 Å². The van der Waals surface area contributed by atoms with Gasteiger partial charge in [-0.15, -0.1) is 0 Å². The van der Waals surface area contributed by atoms with Gasteiger partial charge in [0, 0.05) is 0 Å². The van der Waals surface area contributed by atoms with Crippen LogP contribution < -0.4 is 0 Å². The quantitative estimate of drug-likeness (QED) is 0.285. The molecule has 0 amide bonds. The Labute approximate surface area is 91.4 Å². The summed E-state index contributed by atoms with van der Waals surface area (Å²) in [5, 5.41) is 8.16. The molecule has 0 aromatic heterocycles. The van der Waals surface area contributed by atoms with Crippen molar-refractivity contribution in [2.45, 2.75) is 45.4 Å². The van der Waals surface area contributed by atoms with E-state index >= 15 is 0 Å². The van der Waals surface area contributed by atoms with E-state index in [4.69, 9.17) is 5.11 Å². The molecule has 0 aromatic carbocycles. The Morgan fingerprint density at radius 3 is 2.27 bits per heavy atom. The molecule has 0 saturated heterocycles. The topological polar surface area (TPSA) is 46.5 Å². The monoisotopic (exact) mass is 212 g/mol. The van der Waals surface area contributed by atoms with Crippen molar-refractivity contribution < 1.29 is 14.6 Å². The van der Waals surface area contributed by atoms with Gasteiger partial charge in [0.05, 0.1) is 6.26 Å². The van der Waals surface area contributed by atoms with Gasteiger partial charge in [-0.2, -0.15) is 0 Å². The van der Waals surface area contributed by atoms with Gasteiger partial charge in [-0.1, -0.05) is 25.0 Å². The molecule has 1 N–H and O–H groups in total. The molecule has 0 heterocycles. The smallest absolute Gasteiger partial charge is 0.449 e. The lowest BCUT2D eigenvalue weighted by molar-refractivity contribution is 0.128. The van der Waals surface area contributed by atoms with E-state index in [1.54, 1.807) is 6.08 Å². The maximum absolute atomic E-state index is 9.95. The summed E-state index contributed by atoms with van der Waals surface area (Å²) in [7, 11) is 0. The van der Waals surface area contributed by atoms with Crippen molar-refractivity contribution in [2.75, 3.05) is 0 Å². The first-order valence-electron chi connectivity index (χ1n) is 5.43. The van der Waals surface area contributed by atoms with Crippen LogP contribution in [0.2, 0.25) is 0 Å². The molecule has 3 nitrogen and oxygen atoms in total. The van der Waals surface area contributed by atoms with Gasteiger partial charge in [-0.25, -0.2) is 4.79 Å². The molecule has 15 heavy (non-hydrogen) atoms. The number of hydrogen-bond acceptors (Lipinski definition) is 2. The SMILES string of the molecule is C/C=C/CCCCCC/C=C/OC(=O)O. The Bertz CT molecular complexity index is 207. The van der Waals surface area contributed by atoms with Crippen molar-refractivity contribution in [1.82, 2.24) is 0 Å². The lowest BCUT2D eigenvalue weighted by atomic mass is 10.1. The average Bonchev–Trinajstić information content (AvgIpc) is 2.20. The molecule has 0 aromatic rings. The van der Waals surface area contributed by atoms with Gasteiger partial charge in [-0.3, -0.25) is 0 Å². The van der Waals surface area contributed by atoms with Crippen molar-refractivity contribution >= 4 is 6.16 Å². The summed E-state index contributed by atoms with van der Waals surface area (Å²) >= 11 is 0. The zero-order valence-electron chi connectivity index (χ0n) is 9.32. The maximum atomic E-state index is 9.95. The van der Waals surface area contributed by atoms with E-state index in [9.17, 15) is 4.79 Å². The van der Waals surface area contributed by atoms with Crippen LogP contribution in [0.1, 0.15) is 45.4 Å². The molecule has 0 unspecified atom stereocenters. The van der Waals surface area contributed by atoms with Crippen molar-refractivity contribution in [1.29, 1.82) is 0 Å². The minimum absolute atomic E-state index is 0.886. The van der Waals surface area contributed by atoms with E-state index in [2.05, 4.69) is 16.9 Å². The zero-order valence-corrected chi connectivity index (χ0v) is 9.32. The van der Waals surface area contributed by atoms with Crippen LogP contribution >= 0.6 is 0 Å². The van der Waals surface area contributed by atoms with E-state index in [0.717, 1.165) is 19.3 Å². The molecule has 0 aliphatic carbocycles. The summed E-state index contributed by atoms with van der Waals surface area (Å²) in [6.07, 6.45) is 12.8. The molecule has 86 valence electrons. The second-order valence-electron chi connectivity index (χ2n) is 3.32. The number of carbonyl (C=O) groups is 1. The molecule has 0 aliphatic heterocycles. The van der Waals surface area contributed by atoms with Crippen molar-refractivity contribution in [3.8, 4) is 0 Å². The molecule has 0 spiro atoms. The molecular weight excluding hydrogens is 192 g/mol. The first-order chi connectivity index (χ1) is 7.27. The van der Waals surface area contributed by atoms with E-state index in [0.29, 0.717) is 0 Å². The van der Waals surface area contributed by atoms with Gasteiger partial charge < -0.3 is 9.84 Å². The minimum atomic E-state index is -1.25. The summed E-state index contributed by atoms with van der Waals surface area (Å²) < 4.78 is 4.23. The molecule has 0 saturated carbocycles. The van der Waals surface area contributed by atoms with Gasteiger partial charge in [-0.05, 0) is 38.7 Å². The summed E-state index contributed by atoms with van der Waals surface area (Å²) in [4.78, 5) is 9.95. The Balaban J connectivity index is 3.11. The number of ether oxygens (including phenoxy) is 1. The molecule has 0 fully saturated rings. The highest BCUT2D eigenvalue weighted by Gasteiger charge is 1.89. The van der Waals surface area contributed by atoms with E-state index in [1.165, 1.54) is 25.5 Å². The van der Waals surface area contributed by atoms with Crippen molar-refractivity contribution in [2.24, 2.45) is 0 Å². The Morgan fingerprint density at radius 1 is 1.13 bits per heavy atom. The van der Waals surface area contributed by atoms with Gasteiger partial charge in [0.1, 0.15) is 0 Å². The summed E-state index contributed by atoms with van der Waals surface area (Å²) in [5.41, 5.74) is 0. The molecular formula is C12H20O3. The average molecular weight is 212 g/mol. The summed E-state index contributed by atoms with van der Waals surface area (Å²) in [6, 6.07) is 0. The normalized spacial score (nSPS) is 11.3. The summed E-state index contributed by atoms with van der Waals surface area (Å²) in [6.45, 7) is 2.03. The first-order valence-corrected chi connectivity index (χ1v) is 5.43. The summed E-state index contributed by atoms with van der Waals surface area (Å²) in [5.74, 6) is 0. The Hall–Kier alpha value is -1.25. The molecule has 0 aliphatic rings. The van der Waals surface area contributed by atoms with Crippen LogP contribution in [0.5, 0.6) is 0 Å². The second-order valence-corrected chi connectivity index (χ2v) is 3.32. The first kappa shape index (κ1) is 13.8. The predicted octanol–water partition coefficient (Wildman–Crippen LogP) is 4.11. The third kappa shape index (κ3) is 12.8. The zero-order chi connectivity index (χ0) is 11.4. The largest absolute Gasteiger partial charge is 0.510 e. The lowest BCUT2D eigenvalue weighted by Gasteiger charge is -1.96. The van der Waals surface area contributed by atoms with Crippen LogP contribution in [0.3, 0.4) is 0 Å².